The molecule has 0 fully saturated rings. The first-order valence-electron chi connectivity index (χ1n) is 9.27. The first-order chi connectivity index (χ1) is 13.7. The van der Waals surface area contributed by atoms with Crippen molar-refractivity contribution in [2.24, 2.45) is 0 Å². The smallest absolute Gasteiger partial charge is 0.331 e. The van der Waals surface area contributed by atoms with E-state index in [-0.39, 0.29) is 4.90 Å². The topological polar surface area (TPSA) is 122 Å². The monoisotopic (exact) mass is 425 g/mol. The summed E-state index contributed by atoms with van der Waals surface area (Å²) < 4.78 is 30.9. The van der Waals surface area contributed by atoms with Gasteiger partial charge in [0.05, 0.1) is 4.90 Å². The summed E-state index contributed by atoms with van der Waals surface area (Å²) in [4.78, 5) is 34.6. The summed E-state index contributed by atoms with van der Waals surface area (Å²) in [5.41, 5.74) is 0.587. The summed E-state index contributed by atoms with van der Waals surface area (Å²) in [6, 6.07) is 5.39. The highest BCUT2D eigenvalue weighted by Gasteiger charge is 2.20. The lowest BCUT2D eigenvalue weighted by Crippen LogP contribution is -2.41. The van der Waals surface area contributed by atoms with Crippen LogP contribution in [0.4, 0.5) is 4.79 Å². The normalized spacial score (nSPS) is 11.4. The number of hydrogen-bond acceptors (Lipinski definition) is 6. The van der Waals surface area contributed by atoms with E-state index < -0.39 is 34.5 Å². The molecule has 1 aromatic carbocycles. The van der Waals surface area contributed by atoms with Crippen LogP contribution in [0, 0.1) is 0 Å². The Hall–Kier alpha value is -2.72. The molecule has 29 heavy (non-hydrogen) atoms. The molecule has 0 heterocycles. The van der Waals surface area contributed by atoms with Gasteiger partial charge in [0.1, 0.15) is 0 Å². The molecule has 0 saturated heterocycles. The van der Waals surface area contributed by atoms with Gasteiger partial charge in [-0.15, -0.1) is 0 Å². The summed E-state index contributed by atoms with van der Waals surface area (Å²) in [5, 5.41) is 4.49. The highest BCUT2D eigenvalue weighted by molar-refractivity contribution is 7.89. The second-order valence-electron chi connectivity index (χ2n) is 5.90. The lowest BCUT2D eigenvalue weighted by Gasteiger charge is -2.18. The number of esters is 1. The third-order valence-electron chi connectivity index (χ3n) is 3.77. The van der Waals surface area contributed by atoms with E-state index >= 15 is 0 Å². The lowest BCUT2D eigenvalue weighted by atomic mass is 10.2. The molecule has 1 aromatic rings. The van der Waals surface area contributed by atoms with Crippen LogP contribution in [0.1, 0.15) is 32.8 Å². The Morgan fingerprint density at radius 3 is 2.24 bits per heavy atom. The zero-order valence-corrected chi connectivity index (χ0v) is 17.6. The molecule has 2 N–H and O–H groups in total. The molecule has 0 aromatic heterocycles. The van der Waals surface area contributed by atoms with E-state index in [0.717, 1.165) is 12.5 Å². The van der Waals surface area contributed by atoms with Crippen LogP contribution in [-0.2, 0) is 24.3 Å². The predicted octanol–water partition coefficient (Wildman–Crippen LogP) is 1.51. The average molecular weight is 426 g/mol. The summed E-state index contributed by atoms with van der Waals surface area (Å²) in [6.07, 6.45) is 3.27. The van der Waals surface area contributed by atoms with Crippen molar-refractivity contribution < 1.29 is 27.5 Å². The van der Waals surface area contributed by atoms with Gasteiger partial charge >= 0.3 is 12.0 Å². The number of nitrogens with one attached hydrogen (secondary N) is 2. The molecule has 1 rings (SSSR count). The maximum Gasteiger partial charge on any atom is 0.331 e. The van der Waals surface area contributed by atoms with Crippen LogP contribution < -0.4 is 10.6 Å². The summed E-state index contributed by atoms with van der Waals surface area (Å²) in [6.45, 7) is 5.98. The standard InChI is InChI=1S/C19H27N3O6S/c1-4-13-20-19(25)21-17(23)14-28-18(24)12-9-15-7-10-16(11-8-15)29(26,27)22(5-2)6-3/h7-12H,4-6,13-14H2,1-3H3,(H2,20,21,23,25)/b12-9+. The van der Waals surface area contributed by atoms with Crippen LogP contribution in [0.2, 0.25) is 0 Å². The van der Waals surface area contributed by atoms with E-state index in [1.54, 1.807) is 26.0 Å². The van der Waals surface area contributed by atoms with Crippen molar-refractivity contribution >= 4 is 34.0 Å². The molecule has 0 aliphatic heterocycles. The SMILES string of the molecule is CCCNC(=O)NC(=O)COC(=O)/C=C/c1ccc(S(=O)(=O)N(CC)CC)cc1. The van der Waals surface area contributed by atoms with E-state index in [4.69, 9.17) is 4.74 Å². The molecule has 0 atom stereocenters. The van der Waals surface area contributed by atoms with Gasteiger partial charge in [-0.25, -0.2) is 18.0 Å². The van der Waals surface area contributed by atoms with E-state index in [9.17, 15) is 22.8 Å². The Labute approximate surface area is 171 Å². The Morgan fingerprint density at radius 2 is 1.69 bits per heavy atom. The van der Waals surface area contributed by atoms with Crippen molar-refractivity contribution in [3.05, 3.63) is 35.9 Å². The Kier molecular flexibility index (Phi) is 10.0. The first-order valence-corrected chi connectivity index (χ1v) is 10.7. The molecule has 10 heteroatoms. The maximum absolute atomic E-state index is 12.4. The van der Waals surface area contributed by atoms with Gasteiger partial charge < -0.3 is 10.1 Å². The molecular formula is C19H27N3O6S. The summed E-state index contributed by atoms with van der Waals surface area (Å²) >= 11 is 0. The van der Waals surface area contributed by atoms with Gasteiger partial charge in [-0.2, -0.15) is 4.31 Å². The van der Waals surface area contributed by atoms with E-state index in [0.29, 0.717) is 25.2 Å². The Bertz CT molecular complexity index is 830. The molecule has 0 radical (unpaired) electrons. The number of nitrogens with zero attached hydrogens (tertiary/aromatic N) is 1. The van der Waals surface area contributed by atoms with Gasteiger partial charge in [-0.1, -0.05) is 32.9 Å². The second-order valence-corrected chi connectivity index (χ2v) is 7.84. The van der Waals surface area contributed by atoms with Gasteiger partial charge in [-0.3, -0.25) is 10.1 Å². The van der Waals surface area contributed by atoms with Gasteiger partial charge in [0.2, 0.25) is 10.0 Å². The molecule has 0 aliphatic carbocycles. The molecule has 0 aliphatic rings. The number of carbonyl (C=O) groups excluding carboxylic acids is 3. The third kappa shape index (κ3) is 8.04. The zero-order chi connectivity index (χ0) is 21.9. The van der Waals surface area contributed by atoms with E-state index in [2.05, 4.69) is 5.32 Å². The lowest BCUT2D eigenvalue weighted by molar-refractivity contribution is -0.143. The van der Waals surface area contributed by atoms with Crippen LogP contribution in [0.25, 0.3) is 6.08 Å². The van der Waals surface area contributed by atoms with Gasteiger partial charge in [0.25, 0.3) is 5.91 Å². The van der Waals surface area contributed by atoms with Crippen molar-refractivity contribution in [2.45, 2.75) is 32.1 Å². The number of hydrogen-bond donors (Lipinski definition) is 2. The zero-order valence-electron chi connectivity index (χ0n) is 16.8. The van der Waals surface area contributed by atoms with Crippen LogP contribution in [-0.4, -0.2) is 56.9 Å². The van der Waals surface area contributed by atoms with Crippen molar-refractivity contribution in [3.8, 4) is 0 Å². The third-order valence-corrected chi connectivity index (χ3v) is 5.83. The van der Waals surface area contributed by atoms with Crippen LogP contribution in [0.15, 0.2) is 35.2 Å². The fraction of sp³-hybridized carbons (Fsp3) is 0.421. The number of urea groups is 1. The number of ether oxygens (including phenoxy) is 1. The number of sulfonamides is 1. The van der Waals surface area contributed by atoms with Crippen molar-refractivity contribution in [3.63, 3.8) is 0 Å². The summed E-state index contributed by atoms with van der Waals surface area (Å²) in [7, 11) is -3.54. The molecule has 160 valence electrons. The molecule has 0 spiro atoms. The fourth-order valence-corrected chi connectivity index (χ4v) is 3.72. The fourth-order valence-electron chi connectivity index (χ4n) is 2.26. The predicted molar refractivity (Wildman–Crippen MR) is 108 cm³/mol. The minimum Gasteiger partial charge on any atom is -0.452 e. The molecule has 3 amide bonds. The first kappa shape index (κ1) is 24.3. The Balaban J connectivity index is 2.58. The van der Waals surface area contributed by atoms with Crippen molar-refractivity contribution in [1.82, 2.24) is 14.9 Å². The van der Waals surface area contributed by atoms with Crippen molar-refractivity contribution in [2.75, 3.05) is 26.2 Å². The van der Waals surface area contributed by atoms with Crippen LogP contribution >= 0.6 is 0 Å². The van der Waals surface area contributed by atoms with Crippen LogP contribution in [0.3, 0.4) is 0 Å². The van der Waals surface area contributed by atoms with Crippen molar-refractivity contribution in [1.29, 1.82) is 0 Å². The van der Waals surface area contributed by atoms with Gasteiger partial charge in [-0.05, 0) is 30.2 Å². The quantitative estimate of drug-likeness (QED) is 0.433. The van der Waals surface area contributed by atoms with Crippen LogP contribution in [0.5, 0.6) is 0 Å². The minimum absolute atomic E-state index is 0.166. The number of amides is 3. The van der Waals surface area contributed by atoms with Gasteiger partial charge in [0, 0.05) is 25.7 Å². The molecule has 0 saturated carbocycles. The molecule has 0 bridgehead atoms. The maximum atomic E-state index is 12.4. The second kappa shape index (κ2) is 12.0. The summed E-state index contributed by atoms with van der Waals surface area (Å²) in [5.74, 6) is -1.51. The number of benzene rings is 1. The number of carbonyl (C=O) groups is 3. The average Bonchev–Trinajstić information content (AvgIpc) is 2.70. The van der Waals surface area contributed by atoms with E-state index in [1.807, 2.05) is 12.2 Å². The minimum atomic E-state index is -3.54. The highest BCUT2D eigenvalue weighted by atomic mass is 32.2. The largest absolute Gasteiger partial charge is 0.452 e. The number of imide groups is 1. The molecule has 0 unspecified atom stereocenters. The highest BCUT2D eigenvalue weighted by Crippen LogP contribution is 2.16. The number of rotatable bonds is 10. The molecule has 9 nitrogen and oxygen atoms in total. The molecular weight excluding hydrogens is 398 g/mol. The van der Waals surface area contributed by atoms with Gasteiger partial charge in [0.15, 0.2) is 6.61 Å². The Morgan fingerprint density at radius 1 is 1.07 bits per heavy atom. The van der Waals surface area contributed by atoms with E-state index in [1.165, 1.54) is 22.5 Å².